The maximum Gasteiger partial charge on any atom is 0.306 e. The number of carbonyl (C=O) groups excluding carboxylic acids is 2. The Bertz CT molecular complexity index is 456. The van der Waals surface area contributed by atoms with Gasteiger partial charge in [-0.2, -0.15) is 0 Å². The summed E-state index contributed by atoms with van der Waals surface area (Å²) in [4.78, 5) is 21.9. The predicted octanol–water partition coefficient (Wildman–Crippen LogP) is 6.39. The van der Waals surface area contributed by atoms with Gasteiger partial charge in [0.15, 0.2) is 0 Å². The van der Waals surface area contributed by atoms with E-state index in [1.54, 1.807) is 0 Å². The zero-order valence-corrected chi connectivity index (χ0v) is 16.3. The maximum absolute atomic E-state index is 11.7. The number of benzene rings is 1. The fourth-order valence-electron chi connectivity index (χ4n) is 3.08. The van der Waals surface area contributed by atoms with Crippen LogP contribution in [-0.4, -0.2) is 12.3 Å². The summed E-state index contributed by atoms with van der Waals surface area (Å²) in [6.07, 6.45) is 17.0. The molecule has 0 unspecified atom stereocenters. The van der Waals surface area contributed by atoms with Gasteiger partial charge in [-0.25, -0.2) is 0 Å². The molecule has 3 heteroatoms. The van der Waals surface area contributed by atoms with Crippen molar-refractivity contribution in [2.24, 2.45) is 0 Å². The highest BCUT2D eigenvalue weighted by molar-refractivity contribution is 5.69. The lowest BCUT2D eigenvalue weighted by atomic mass is 10.0. The molecule has 1 rings (SSSR count). The summed E-state index contributed by atoms with van der Waals surface area (Å²) in [7, 11) is 0. The summed E-state index contributed by atoms with van der Waals surface area (Å²) in [5.74, 6) is -0.0815. The monoisotopic (exact) mass is 360 g/mol. The van der Waals surface area contributed by atoms with Crippen molar-refractivity contribution in [1.82, 2.24) is 0 Å². The number of unbranched alkanes of at least 4 members (excludes halogenated alkanes) is 12. The molecule has 0 amide bonds. The van der Waals surface area contributed by atoms with E-state index in [9.17, 15) is 9.59 Å². The Labute approximate surface area is 159 Å². The Kier molecular flexibility index (Phi) is 14.5. The summed E-state index contributed by atoms with van der Waals surface area (Å²) >= 11 is 0. The van der Waals surface area contributed by atoms with E-state index >= 15 is 0 Å². The first-order valence-corrected chi connectivity index (χ1v) is 10.5. The Balaban J connectivity index is 1.79. The van der Waals surface area contributed by atoms with Gasteiger partial charge in [0.2, 0.25) is 0 Å². The number of hydrogen-bond donors (Lipinski definition) is 0. The van der Waals surface area contributed by atoms with Crippen LogP contribution in [-0.2, 0) is 20.9 Å². The Morgan fingerprint density at radius 1 is 0.731 bits per heavy atom. The second-order valence-electron chi connectivity index (χ2n) is 7.09. The first kappa shape index (κ1) is 22.4. The van der Waals surface area contributed by atoms with Gasteiger partial charge in [0.1, 0.15) is 12.9 Å². The van der Waals surface area contributed by atoms with E-state index in [1.807, 2.05) is 30.3 Å². The molecule has 0 radical (unpaired) electrons. The molecule has 0 aromatic heterocycles. The van der Waals surface area contributed by atoms with Crippen molar-refractivity contribution in [1.29, 1.82) is 0 Å². The molecule has 0 saturated heterocycles. The Morgan fingerprint density at radius 2 is 1.23 bits per heavy atom. The number of rotatable bonds is 17. The van der Waals surface area contributed by atoms with E-state index in [1.165, 1.54) is 57.8 Å². The van der Waals surface area contributed by atoms with Crippen molar-refractivity contribution in [3.05, 3.63) is 35.9 Å². The molecular formula is C23H36O3. The molecule has 0 aliphatic rings. The van der Waals surface area contributed by atoms with E-state index < -0.39 is 0 Å². The molecule has 26 heavy (non-hydrogen) atoms. The van der Waals surface area contributed by atoms with Crippen molar-refractivity contribution >= 4 is 12.3 Å². The van der Waals surface area contributed by atoms with Crippen LogP contribution in [0.4, 0.5) is 0 Å². The molecule has 1 aromatic rings. The molecule has 0 bridgehead atoms. The number of esters is 1. The molecule has 146 valence electrons. The second kappa shape index (κ2) is 16.8. The molecule has 0 atom stereocenters. The van der Waals surface area contributed by atoms with E-state index in [-0.39, 0.29) is 5.97 Å². The summed E-state index contributed by atoms with van der Waals surface area (Å²) in [5.41, 5.74) is 1.04. The van der Waals surface area contributed by atoms with Gasteiger partial charge in [-0.3, -0.25) is 4.79 Å². The lowest BCUT2D eigenvalue weighted by Crippen LogP contribution is -2.04. The molecule has 0 aliphatic heterocycles. The lowest BCUT2D eigenvalue weighted by molar-refractivity contribution is -0.145. The third-order valence-corrected chi connectivity index (χ3v) is 4.70. The zero-order chi connectivity index (χ0) is 18.7. The van der Waals surface area contributed by atoms with E-state index in [4.69, 9.17) is 4.74 Å². The molecular weight excluding hydrogens is 324 g/mol. The summed E-state index contributed by atoms with van der Waals surface area (Å²) < 4.78 is 5.29. The van der Waals surface area contributed by atoms with Gasteiger partial charge >= 0.3 is 5.97 Å². The smallest absolute Gasteiger partial charge is 0.306 e. The highest BCUT2D eigenvalue weighted by Gasteiger charge is 2.03. The van der Waals surface area contributed by atoms with Crippen molar-refractivity contribution in [3.63, 3.8) is 0 Å². The molecule has 0 aliphatic carbocycles. The molecule has 0 saturated carbocycles. The zero-order valence-electron chi connectivity index (χ0n) is 16.3. The molecule has 0 fully saturated rings. The minimum Gasteiger partial charge on any atom is -0.461 e. The van der Waals surface area contributed by atoms with E-state index in [0.717, 1.165) is 37.5 Å². The highest BCUT2D eigenvalue weighted by atomic mass is 16.5. The first-order valence-electron chi connectivity index (χ1n) is 10.5. The van der Waals surface area contributed by atoms with Gasteiger partial charge in [-0.1, -0.05) is 94.5 Å². The fourth-order valence-corrected chi connectivity index (χ4v) is 3.08. The van der Waals surface area contributed by atoms with Crippen LogP contribution >= 0.6 is 0 Å². The van der Waals surface area contributed by atoms with Crippen LogP contribution in [0, 0.1) is 0 Å². The number of aldehydes is 1. The molecule has 3 nitrogen and oxygen atoms in total. The Morgan fingerprint density at radius 3 is 1.77 bits per heavy atom. The van der Waals surface area contributed by atoms with Gasteiger partial charge in [-0.15, -0.1) is 0 Å². The van der Waals surface area contributed by atoms with Crippen molar-refractivity contribution in [3.8, 4) is 0 Å². The quantitative estimate of drug-likeness (QED) is 0.184. The number of carbonyl (C=O) groups is 2. The summed E-state index contributed by atoms with van der Waals surface area (Å²) in [6.45, 7) is 0.386. The molecule has 0 heterocycles. The minimum atomic E-state index is -0.0815. The maximum atomic E-state index is 11.7. The van der Waals surface area contributed by atoms with Crippen LogP contribution in [0.5, 0.6) is 0 Å². The number of ether oxygens (including phenoxy) is 1. The minimum absolute atomic E-state index is 0.0815. The number of hydrogen-bond acceptors (Lipinski definition) is 3. The largest absolute Gasteiger partial charge is 0.461 e. The Hall–Kier alpha value is -1.64. The van der Waals surface area contributed by atoms with E-state index in [2.05, 4.69) is 0 Å². The second-order valence-corrected chi connectivity index (χ2v) is 7.09. The fraction of sp³-hybridized carbons (Fsp3) is 0.652. The van der Waals surface area contributed by atoms with Gasteiger partial charge < -0.3 is 9.53 Å². The topological polar surface area (TPSA) is 43.4 Å². The highest BCUT2D eigenvalue weighted by Crippen LogP contribution is 2.13. The van der Waals surface area contributed by atoms with Crippen LogP contribution in [0.2, 0.25) is 0 Å². The van der Waals surface area contributed by atoms with Crippen molar-refractivity contribution < 1.29 is 14.3 Å². The summed E-state index contributed by atoms with van der Waals surface area (Å²) in [5, 5.41) is 0. The van der Waals surface area contributed by atoms with Gasteiger partial charge in [0.05, 0.1) is 0 Å². The van der Waals surface area contributed by atoms with Crippen LogP contribution in [0.15, 0.2) is 30.3 Å². The van der Waals surface area contributed by atoms with Crippen LogP contribution < -0.4 is 0 Å². The lowest BCUT2D eigenvalue weighted by Gasteiger charge is -2.05. The molecule has 0 spiro atoms. The van der Waals surface area contributed by atoms with Gasteiger partial charge in [0.25, 0.3) is 0 Å². The van der Waals surface area contributed by atoms with Gasteiger partial charge in [0, 0.05) is 12.8 Å². The SMILES string of the molecule is O=CCCCCCCCCCCCCCCC(=O)OCc1ccccc1. The van der Waals surface area contributed by atoms with Crippen LogP contribution in [0.3, 0.4) is 0 Å². The standard InChI is InChI=1S/C23H36O3/c24-20-16-11-9-7-5-3-1-2-4-6-8-10-15-19-23(25)26-21-22-17-13-12-14-18-22/h12-14,17-18,20H,1-11,15-16,19,21H2. The normalized spacial score (nSPS) is 10.6. The predicted molar refractivity (Wildman–Crippen MR) is 107 cm³/mol. The third-order valence-electron chi connectivity index (χ3n) is 4.70. The average Bonchev–Trinajstić information content (AvgIpc) is 2.67. The van der Waals surface area contributed by atoms with Crippen LogP contribution in [0.1, 0.15) is 95.5 Å². The molecule has 0 N–H and O–H groups in total. The first-order chi connectivity index (χ1) is 12.8. The van der Waals surface area contributed by atoms with Gasteiger partial charge in [-0.05, 0) is 18.4 Å². The van der Waals surface area contributed by atoms with Crippen molar-refractivity contribution in [2.75, 3.05) is 0 Å². The van der Waals surface area contributed by atoms with Crippen LogP contribution in [0.25, 0.3) is 0 Å². The van der Waals surface area contributed by atoms with E-state index in [0.29, 0.717) is 13.0 Å². The average molecular weight is 361 g/mol. The van der Waals surface area contributed by atoms with Crippen molar-refractivity contribution in [2.45, 2.75) is 96.5 Å². The molecule has 1 aromatic carbocycles. The third kappa shape index (κ3) is 13.6. The summed E-state index contributed by atoms with van der Waals surface area (Å²) in [6, 6.07) is 9.82.